The monoisotopic (exact) mass is 239 g/mol. The average molecular weight is 239 g/mol. The van der Waals surface area contributed by atoms with Gasteiger partial charge in [-0.1, -0.05) is 6.42 Å². The van der Waals surface area contributed by atoms with Gasteiger partial charge in [0.2, 0.25) is 5.91 Å². The van der Waals surface area contributed by atoms with Gasteiger partial charge in [-0.2, -0.15) is 0 Å². The Morgan fingerprint density at radius 3 is 2.82 bits per heavy atom. The van der Waals surface area contributed by atoms with Crippen molar-refractivity contribution in [1.82, 2.24) is 4.90 Å². The van der Waals surface area contributed by atoms with Crippen molar-refractivity contribution in [2.75, 3.05) is 7.11 Å². The van der Waals surface area contributed by atoms with Crippen LogP contribution in [0.25, 0.3) is 0 Å². The van der Waals surface area contributed by atoms with Crippen molar-refractivity contribution in [3.63, 3.8) is 0 Å². The third-order valence-corrected chi connectivity index (χ3v) is 4.60. The Balaban J connectivity index is 1.87. The van der Waals surface area contributed by atoms with Crippen molar-refractivity contribution >= 4 is 5.91 Å². The summed E-state index contributed by atoms with van der Waals surface area (Å²) in [6.45, 7) is 3.99. The summed E-state index contributed by atoms with van der Waals surface area (Å²) < 4.78 is 11.7. The Kier molecular flexibility index (Phi) is 2.49. The van der Waals surface area contributed by atoms with Gasteiger partial charge in [0.1, 0.15) is 5.72 Å². The number of hydrogen-bond donors (Lipinski definition) is 0. The highest BCUT2D eigenvalue weighted by molar-refractivity contribution is 5.84. The molecule has 1 aliphatic carbocycles. The molecule has 1 unspecified atom stereocenters. The van der Waals surface area contributed by atoms with Gasteiger partial charge in [-0.3, -0.25) is 4.79 Å². The molecule has 0 aromatic rings. The summed E-state index contributed by atoms with van der Waals surface area (Å²) >= 11 is 0. The zero-order valence-electron chi connectivity index (χ0n) is 10.8. The molecular formula is C13H21NO3. The minimum absolute atomic E-state index is 0.165. The minimum Gasteiger partial charge on any atom is -0.379 e. The van der Waals surface area contributed by atoms with E-state index in [1.165, 1.54) is 6.42 Å². The van der Waals surface area contributed by atoms with Crippen LogP contribution in [0.2, 0.25) is 0 Å². The molecule has 3 aliphatic rings. The normalized spacial score (nSPS) is 43.7. The van der Waals surface area contributed by atoms with Crippen LogP contribution in [0, 0.1) is 5.92 Å². The number of fused-ring (bicyclic) bond motifs is 3. The third kappa shape index (κ3) is 1.54. The SMILES string of the molecule is CO[C@@H]1CCC[C@H]2C1OC(C)(C)N1C(=O)C[C@@H]21. The van der Waals surface area contributed by atoms with E-state index in [-0.39, 0.29) is 18.1 Å². The fraction of sp³-hybridized carbons (Fsp3) is 0.923. The molecule has 2 aliphatic heterocycles. The highest BCUT2D eigenvalue weighted by atomic mass is 16.6. The zero-order chi connectivity index (χ0) is 12.2. The fourth-order valence-corrected chi connectivity index (χ4v) is 3.86. The van der Waals surface area contributed by atoms with Crippen molar-refractivity contribution in [2.24, 2.45) is 5.92 Å². The number of carbonyl (C=O) groups is 1. The van der Waals surface area contributed by atoms with Gasteiger partial charge in [-0.15, -0.1) is 0 Å². The number of rotatable bonds is 1. The number of carbonyl (C=O) groups excluding carboxylic acids is 1. The van der Waals surface area contributed by atoms with Gasteiger partial charge in [0.25, 0.3) is 0 Å². The zero-order valence-corrected chi connectivity index (χ0v) is 10.8. The van der Waals surface area contributed by atoms with Crippen LogP contribution in [0.4, 0.5) is 0 Å². The Morgan fingerprint density at radius 1 is 1.41 bits per heavy atom. The Morgan fingerprint density at radius 2 is 2.18 bits per heavy atom. The van der Waals surface area contributed by atoms with Crippen molar-refractivity contribution in [1.29, 1.82) is 0 Å². The molecule has 1 amide bonds. The second-order valence-corrected chi connectivity index (χ2v) is 5.93. The van der Waals surface area contributed by atoms with E-state index in [2.05, 4.69) is 0 Å². The average Bonchev–Trinajstić information content (AvgIpc) is 2.24. The van der Waals surface area contributed by atoms with Crippen molar-refractivity contribution < 1.29 is 14.3 Å². The molecule has 17 heavy (non-hydrogen) atoms. The molecule has 0 radical (unpaired) electrons. The van der Waals surface area contributed by atoms with Gasteiger partial charge in [0, 0.05) is 25.5 Å². The van der Waals surface area contributed by atoms with Gasteiger partial charge >= 0.3 is 0 Å². The summed E-state index contributed by atoms with van der Waals surface area (Å²) in [5.74, 6) is 0.706. The van der Waals surface area contributed by atoms with Gasteiger partial charge < -0.3 is 14.4 Å². The molecular weight excluding hydrogens is 218 g/mol. The van der Waals surface area contributed by atoms with Crippen LogP contribution in [0.3, 0.4) is 0 Å². The molecule has 4 atom stereocenters. The molecule has 4 heteroatoms. The Hall–Kier alpha value is -0.610. The molecule has 0 bridgehead atoms. The van der Waals surface area contributed by atoms with Crippen molar-refractivity contribution in [2.45, 2.75) is 63.5 Å². The van der Waals surface area contributed by atoms with Crippen molar-refractivity contribution in [3.05, 3.63) is 0 Å². The largest absolute Gasteiger partial charge is 0.379 e. The minimum atomic E-state index is -0.463. The summed E-state index contributed by atoms with van der Waals surface area (Å²) in [5, 5.41) is 0. The summed E-state index contributed by atoms with van der Waals surface area (Å²) in [6.07, 6.45) is 4.49. The van der Waals surface area contributed by atoms with Crippen LogP contribution < -0.4 is 0 Å². The molecule has 0 spiro atoms. The molecule has 3 rings (SSSR count). The maximum absolute atomic E-state index is 11.7. The molecule has 4 nitrogen and oxygen atoms in total. The molecule has 0 aromatic heterocycles. The number of hydrogen-bond acceptors (Lipinski definition) is 3. The van der Waals surface area contributed by atoms with Crippen LogP contribution in [0.5, 0.6) is 0 Å². The van der Waals surface area contributed by atoms with E-state index in [4.69, 9.17) is 9.47 Å². The number of ether oxygens (including phenoxy) is 2. The topological polar surface area (TPSA) is 38.8 Å². The van der Waals surface area contributed by atoms with Gasteiger partial charge in [0.05, 0.1) is 12.2 Å². The number of amides is 1. The second kappa shape index (κ2) is 3.69. The Bertz CT molecular complexity index is 342. The van der Waals surface area contributed by atoms with E-state index in [9.17, 15) is 4.79 Å². The van der Waals surface area contributed by atoms with Crippen molar-refractivity contribution in [3.8, 4) is 0 Å². The van der Waals surface area contributed by atoms with Crippen LogP contribution in [-0.4, -0.2) is 41.9 Å². The lowest BCUT2D eigenvalue weighted by molar-refractivity contribution is -0.286. The molecule has 1 saturated carbocycles. The fourth-order valence-electron chi connectivity index (χ4n) is 3.86. The molecule has 0 N–H and O–H groups in total. The number of nitrogens with zero attached hydrogens (tertiary/aromatic N) is 1. The van der Waals surface area contributed by atoms with E-state index in [1.807, 2.05) is 18.7 Å². The van der Waals surface area contributed by atoms with E-state index in [0.29, 0.717) is 18.4 Å². The summed E-state index contributed by atoms with van der Waals surface area (Å²) in [4.78, 5) is 13.7. The van der Waals surface area contributed by atoms with E-state index in [1.54, 1.807) is 7.11 Å². The van der Waals surface area contributed by atoms with Crippen LogP contribution >= 0.6 is 0 Å². The quantitative estimate of drug-likeness (QED) is 0.651. The second-order valence-electron chi connectivity index (χ2n) is 5.93. The molecule has 2 saturated heterocycles. The van der Waals surface area contributed by atoms with Gasteiger partial charge in [0.15, 0.2) is 0 Å². The van der Waals surface area contributed by atoms with E-state index < -0.39 is 5.72 Å². The van der Waals surface area contributed by atoms with Gasteiger partial charge in [-0.25, -0.2) is 0 Å². The van der Waals surface area contributed by atoms with Crippen LogP contribution in [-0.2, 0) is 14.3 Å². The molecule has 96 valence electrons. The molecule has 2 heterocycles. The summed E-state index contributed by atoms with van der Waals surface area (Å²) in [6, 6.07) is 0.384. The van der Waals surface area contributed by atoms with Crippen LogP contribution in [0.15, 0.2) is 0 Å². The Labute approximate surface area is 102 Å². The third-order valence-electron chi connectivity index (χ3n) is 4.60. The van der Waals surface area contributed by atoms with E-state index in [0.717, 1.165) is 12.8 Å². The lowest BCUT2D eigenvalue weighted by Crippen LogP contribution is -2.73. The summed E-state index contributed by atoms with van der Waals surface area (Å²) in [5.41, 5.74) is -0.463. The number of methoxy groups -OCH3 is 1. The first-order chi connectivity index (χ1) is 8.04. The lowest BCUT2D eigenvalue weighted by atomic mass is 9.72. The maximum Gasteiger partial charge on any atom is 0.227 e. The highest BCUT2D eigenvalue weighted by Gasteiger charge is 2.58. The maximum atomic E-state index is 11.7. The standard InChI is InChI=1S/C13H21NO3/c1-13(2)14-9(7-11(14)15)8-5-4-6-10(16-3)12(8)17-13/h8-10,12H,4-7H2,1-3H3/t8-,9+,10-,12?/m1/s1. The first-order valence-corrected chi connectivity index (χ1v) is 6.57. The lowest BCUT2D eigenvalue weighted by Gasteiger charge is -2.61. The molecule has 3 fully saturated rings. The van der Waals surface area contributed by atoms with E-state index >= 15 is 0 Å². The predicted molar refractivity (Wildman–Crippen MR) is 62.3 cm³/mol. The number of β-lactam (4-membered cyclic amide) rings is 1. The molecule has 0 aromatic carbocycles. The van der Waals surface area contributed by atoms with Crippen LogP contribution in [0.1, 0.15) is 39.5 Å². The predicted octanol–water partition coefficient (Wildman–Crippen LogP) is 1.54. The first-order valence-electron chi connectivity index (χ1n) is 6.57. The highest BCUT2D eigenvalue weighted by Crippen LogP contribution is 2.47. The smallest absolute Gasteiger partial charge is 0.227 e. The first kappa shape index (κ1) is 11.5. The summed E-state index contributed by atoms with van der Waals surface area (Å²) in [7, 11) is 1.77. The van der Waals surface area contributed by atoms with Gasteiger partial charge in [-0.05, 0) is 26.7 Å².